The molecule has 4 aliphatic heterocycles. The summed E-state index contributed by atoms with van der Waals surface area (Å²) in [6.45, 7) is 6.45. The first-order valence-electron chi connectivity index (χ1n) is 28.3. The van der Waals surface area contributed by atoms with Crippen LogP contribution in [0.1, 0.15) is 125 Å². The summed E-state index contributed by atoms with van der Waals surface area (Å²) in [5.41, 5.74) is 2.74. The Morgan fingerprint density at radius 3 is 1.30 bits per heavy atom. The van der Waals surface area contributed by atoms with E-state index in [0.717, 1.165) is 49.7 Å². The Balaban J connectivity index is 0.756. The molecule has 4 aliphatic rings. The van der Waals surface area contributed by atoms with E-state index in [-0.39, 0.29) is 47.5 Å². The summed E-state index contributed by atoms with van der Waals surface area (Å²) in [5.74, 6) is -1.46. The van der Waals surface area contributed by atoms with Crippen molar-refractivity contribution in [3.8, 4) is 0 Å². The zero-order valence-corrected chi connectivity index (χ0v) is 46.1. The summed E-state index contributed by atoms with van der Waals surface area (Å²) in [5, 5.41) is 35.7. The molecule has 4 aromatic rings. The molecule has 0 spiro atoms. The van der Waals surface area contributed by atoms with Crippen molar-refractivity contribution < 1.29 is 43.0 Å². The molecule has 6 heterocycles. The van der Waals surface area contributed by atoms with Crippen LogP contribution in [0.25, 0.3) is 0 Å². The van der Waals surface area contributed by atoms with Crippen molar-refractivity contribution in [1.29, 1.82) is 0 Å². The second-order valence-corrected chi connectivity index (χ2v) is 21.1. The molecule has 428 valence electrons. The first kappa shape index (κ1) is 58.5. The Bertz CT molecular complexity index is 2450. The van der Waals surface area contributed by atoms with Crippen LogP contribution < -0.4 is 31.9 Å². The van der Waals surface area contributed by atoms with Gasteiger partial charge in [-0.25, -0.2) is 9.36 Å². The van der Waals surface area contributed by atoms with Crippen LogP contribution in [-0.2, 0) is 56.1 Å². The number of benzene rings is 2. The lowest BCUT2D eigenvalue weighted by Crippen LogP contribution is -2.58. The minimum absolute atomic E-state index is 0.0687. The fraction of sp³-hybridized carbons (Fsp3) is 0.607. The molecule has 2 aromatic carbocycles. The molecule has 0 radical (unpaired) electrons. The zero-order valence-electron chi connectivity index (χ0n) is 46.1. The summed E-state index contributed by atoms with van der Waals surface area (Å²) in [6.07, 6.45) is 12.2. The van der Waals surface area contributed by atoms with Crippen LogP contribution in [0.15, 0.2) is 73.1 Å². The Morgan fingerprint density at radius 1 is 0.532 bits per heavy atom. The Hall–Kier alpha value is -6.66. The van der Waals surface area contributed by atoms with Gasteiger partial charge in [-0.3, -0.25) is 28.8 Å². The number of likely N-dealkylation sites (N-methyl/N-ethyl adjacent to an activating group) is 2. The second kappa shape index (κ2) is 29.0. The summed E-state index contributed by atoms with van der Waals surface area (Å²) in [6, 6.07) is 14.1. The number of carbonyl (C=O) groups is 6. The topological polar surface area (TPSA) is 270 Å². The maximum absolute atomic E-state index is 14.2. The molecule has 23 nitrogen and oxygen atoms in total. The van der Waals surface area contributed by atoms with Crippen molar-refractivity contribution in [2.24, 2.45) is 0 Å². The van der Waals surface area contributed by atoms with E-state index < -0.39 is 48.3 Å². The molecule has 8 rings (SSSR count). The molecule has 6 N–H and O–H groups in total. The van der Waals surface area contributed by atoms with Crippen LogP contribution in [0, 0.1) is 0 Å². The number of amides is 6. The summed E-state index contributed by atoms with van der Waals surface area (Å²) in [7, 11) is 3.40. The molecule has 2 aromatic heterocycles. The maximum atomic E-state index is 14.2. The number of hydrogen-bond donors (Lipinski definition) is 6. The highest BCUT2D eigenvalue weighted by atomic mass is 16.5. The van der Waals surface area contributed by atoms with Crippen LogP contribution in [0.3, 0.4) is 0 Å². The van der Waals surface area contributed by atoms with E-state index >= 15 is 0 Å². The molecule has 0 aliphatic carbocycles. The van der Waals surface area contributed by atoms with Crippen LogP contribution in [0.5, 0.6) is 0 Å². The third kappa shape index (κ3) is 15.4. The number of fused-ring (bicyclic) bond motifs is 2. The Kier molecular flexibility index (Phi) is 21.5. The summed E-state index contributed by atoms with van der Waals surface area (Å²) < 4.78 is 20.8. The molecule has 0 saturated carbocycles. The second-order valence-electron chi connectivity index (χ2n) is 21.1. The van der Waals surface area contributed by atoms with Gasteiger partial charge in [0.15, 0.2) is 0 Å². The minimum atomic E-state index is -0.693. The van der Waals surface area contributed by atoms with E-state index in [1.165, 1.54) is 0 Å². The number of nitrogens with zero attached hydrogens (tertiary/aromatic N) is 8. The number of hydrogen-bond acceptors (Lipinski definition) is 15. The number of ether oxygens (including phenoxy) is 3. The van der Waals surface area contributed by atoms with Gasteiger partial charge >= 0.3 is 0 Å². The highest BCUT2D eigenvalue weighted by Gasteiger charge is 2.46. The van der Waals surface area contributed by atoms with Crippen molar-refractivity contribution >= 4 is 35.4 Å². The van der Waals surface area contributed by atoms with Crippen LogP contribution in [-0.4, -0.2) is 177 Å². The summed E-state index contributed by atoms with van der Waals surface area (Å²) >= 11 is 0. The highest BCUT2D eigenvalue weighted by Crippen LogP contribution is 2.34. The number of nitrogens with one attached hydrogen (secondary N) is 6. The van der Waals surface area contributed by atoms with Gasteiger partial charge in [-0.15, -0.1) is 10.2 Å². The number of rotatable bonds is 26. The minimum Gasteiger partial charge on any atom is -0.377 e. The van der Waals surface area contributed by atoms with Gasteiger partial charge in [0.05, 0.1) is 89.3 Å². The van der Waals surface area contributed by atoms with Gasteiger partial charge in [-0.1, -0.05) is 96.8 Å². The van der Waals surface area contributed by atoms with Gasteiger partial charge < -0.3 is 55.9 Å². The van der Waals surface area contributed by atoms with E-state index in [4.69, 9.17) is 14.2 Å². The Labute approximate surface area is 462 Å². The lowest BCUT2D eigenvalue weighted by molar-refractivity contribution is -0.144. The standard InChI is InChI=1S/C56H80N14O9/c1-37(57-3)51(71)59-43-21-13-11-19-41-23-25-47(69(41)55(43)75)53(73)61-49(39-15-7-5-8-16-39)45-35-67(65-63-45)27-29-77-31-33-79-34-32-78-30-28-68-36-46(64-66-68)50(40-17-9-6-10-18-40)62-54(74)48-26-24-42-20-12-14-22-44(56(76)70(42)48)60-52(72)38(2)58-4/h5-10,15-18,35-38,41-44,47-50,57-58H,11-14,19-34H2,1-4H3,(H,59,71)(H,60,72)(H,61,73)(H,62,74)/t37-,38-,41-,42-,43-,44-,47-,48?,49-,50-/m0/s1. The van der Waals surface area contributed by atoms with Crippen molar-refractivity contribution in [2.75, 3.05) is 53.7 Å². The van der Waals surface area contributed by atoms with Crippen LogP contribution in [0.4, 0.5) is 0 Å². The van der Waals surface area contributed by atoms with E-state index in [1.807, 2.05) is 60.7 Å². The number of carbonyl (C=O) groups excluding carboxylic acids is 6. The first-order chi connectivity index (χ1) is 38.4. The lowest BCUT2D eigenvalue weighted by atomic mass is 9.98. The van der Waals surface area contributed by atoms with Crippen molar-refractivity contribution in [1.82, 2.24) is 71.7 Å². The van der Waals surface area contributed by atoms with Gasteiger partial charge in [0.1, 0.15) is 35.6 Å². The molecule has 0 bridgehead atoms. The molecule has 10 atom stereocenters. The molecule has 1 unspecified atom stereocenters. The average molecular weight is 1090 g/mol. The predicted octanol–water partition coefficient (Wildman–Crippen LogP) is 2.08. The van der Waals surface area contributed by atoms with Gasteiger partial charge in [0.2, 0.25) is 35.4 Å². The quantitative estimate of drug-likeness (QED) is 0.0492. The maximum Gasteiger partial charge on any atom is 0.246 e. The van der Waals surface area contributed by atoms with Gasteiger partial charge in [0, 0.05) is 12.1 Å². The summed E-state index contributed by atoms with van der Waals surface area (Å²) in [4.78, 5) is 85.6. The Morgan fingerprint density at radius 2 is 0.911 bits per heavy atom. The van der Waals surface area contributed by atoms with Crippen molar-refractivity contribution in [3.05, 3.63) is 95.6 Å². The predicted molar refractivity (Wildman–Crippen MR) is 291 cm³/mol. The van der Waals surface area contributed by atoms with Gasteiger partial charge in [0.25, 0.3) is 0 Å². The SMILES string of the molecule is CN[C@@H](C)C(=O)N[C@H]1CCCC[C@H]2CCC(C(=O)N[C@@H](c3ccccc3)c3cn(CCOCCOCCOCCn4cc([C@@H](NC(=O)[C@@H]5CC[C@@H]6CCCC[C@H](NC(=O)[C@H](C)NC)C(=O)N65)c5ccccc5)nn4)nn3)N2C1=O. The third-order valence-corrected chi connectivity index (χ3v) is 15.8. The van der Waals surface area contributed by atoms with Crippen LogP contribution >= 0.6 is 0 Å². The van der Waals surface area contributed by atoms with Crippen molar-refractivity contribution in [2.45, 2.75) is 164 Å². The molecule has 6 amide bonds. The molecular formula is C56H80N14O9. The van der Waals surface area contributed by atoms with E-state index in [0.29, 0.717) is 103 Å². The molecule has 4 saturated heterocycles. The van der Waals surface area contributed by atoms with Gasteiger partial charge in [-0.2, -0.15) is 0 Å². The monoisotopic (exact) mass is 1090 g/mol. The molecule has 79 heavy (non-hydrogen) atoms. The molecule has 23 heteroatoms. The lowest BCUT2D eigenvalue weighted by Gasteiger charge is -2.36. The molecular weight excluding hydrogens is 1010 g/mol. The van der Waals surface area contributed by atoms with Crippen molar-refractivity contribution in [3.63, 3.8) is 0 Å². The average Bonchev–Trinajstić information content (AvgIpc) is 4.43. The van der Waals surface area contributed by atoms with E-state index in [1.54, 1.807) is 59.5 Å². The van der Waals surface area contributed by atoms with Gasteiger partial charge in [-0.05, 0) is 90.4 Å². The fourth-order valence-electron chi connectivity index (χ4n) is 11.1. The highest BCUT2D eigenvalue weighted by molar-refractivity contribution is 5.95. The van der Waals surface area contributed by atoms with E-state index in [2.05, 4.69) is 52.5 Å². The molecule has 4 fully saturated rings. The smallest absolute Gasteiger partial charge is 0.246 e. The van der Waals surface area contributed by atoms with E-state index in [9.17, 15) is 28.8 Å². The normalized spacial score (nSPS) is 23.0. The zero-order chi connectivity index (χ0) is 55.7. The largest absolute Gasteiger partial charge is 0.377 e. The van der Waals surface area contributed by atoms with Crippen LogP contribution in [0.2, 0.25) is 0 Å². The first-order valence-corrected chi connectivity index (χ1v) is 28.3. The number of aromatic nitrogens is 6. The third-order valence-electron chi connectivity index (χ3n) is 15.8. The fourth-order valence-corrected chi connectivity index (χ4v) is 11.1.